The topological polar surface area (TPSA) is 82.5 Å². The molecular formula is C25H22N2O3. The molecule has 0 spiro atoms. The number of carbonyl (C=O) groups is 1. The van der Waals surface area contributed by atoms with Crippen molar-refractivity contribution in [3.63, 3.8) is 0 Å². The summed E-state index contributed by atoms with van der Waals surface area (Å²) in [4.78, 5) is 16.8. The third-order valence-electron chi connectivity index (χ3n) is 5.03. The minimum absolute atomic E-state index is 0.0723. The van der Waals surface area contributed by atoms with E-state index >= 15 is 0 Å². The average Bonchev–Trinajstić information content (AvgIpc) is 2.77. The number of aromatic nitrogens is 1. The van der Waals surface area contributed by atoms with Crippen LogP contribution in [0.3, 0.4) is 0 Å². The smallest absolute Gasteiger partial charge is 0.255 e. The molecule has 3 N–H and O–H groups in total. The number of fused-ring (bicyclic) bond motifs is 1. The summed E-state index contributed by atoms with van der Waals surface area (Å²) in [5, 5.41) is 24.2. The van der Waals surface area contributed by atoms with Crippen LogP contribution in [-0.4, -0.2) is 27.6 Å². The summed E-state index contributed by atoms with van der Waals surface area (Å²) < 4.78 is 0. The van der Waals surface area contributed by atoms with Crippen molar-refractivity contribution in [2.45, 2.75) is 12.8 Å². The van der Waals surface area contributed by atoms with Crippen molar-refractivity contribution < 1.29 is 15.0 Å². The maximum absolute atomic E-state index is 12.6. The van der Waals surface area contributed by atoms with Crippen LogP contribution in [0, 0.1) is 0 Å². The summed E-state index contributed by atoms with van der Waals surface area (Å²) in [7, 11) is 0. The van der Waals surface area contributed by atoms with Crippen LogP contribution in [-0.2, 0) is 6.42 Å². The number of nitrogens with zero attached hydrogens (tertiary/aromatic N) is 1. The lowest BCUT2D eigenvalue weighted by Gasteiger charge is -2.10. The number of amides is 1. The zero-order valence-electron chi connectivity index (χ0n) is 16.4. The highest BCUT2D eigenvalue weighted by Gasteiger charge is 2.13. The summed E-state index contributed by atoms with van der Waals surface area (Å²) in [6, 6.07) is 22.1. The van der Waals surface area contributed by atoms with Crippen LogP contribution in [0.25, 0.3) is 22.0 Å². The van der Waals surface area contributed by atoms with E-state index in [4.69, 9.17) is 0 Å². The quantitative estimate of drug-likeness (QED) is 0.412. The van der Waals surface area contributed by atoms with Gasteiger partial charge in [-0.2, -0.15) is 0 Å². The summed E-state index contributed by atoms with van der Waals surface area (Å²) in [5.74, 6) is -0.330. The molecule has 0 saturated carbocycles. The van der Waals surface area contributed by atoms with E-state index in [9.17, 15) is 15.0 Å². The lowest BCUT2D eigenvalue weighted by Crippen LogP contribution is -2.24. The van der Waals surface area contributed by atoms with Gasteiger partial charge in [0.15, 0.2) is 0 Å². The number of hydrogen-bond donors (Lipinski definition) is 3. The Morgan fingerprint density at radius 3 is 2.53 bits per heavy atom. The van der Waals surface area contributed by atoms with Crippen LogP contribution in [0.5, 0.6) is 11.5 Å². The first kappa shape index (κ1) is 19.5. The van der Waals surface area contributed by atoms with Crippen LogP contribution in [0.2, 0.25) is 0 Å². The number of carbonyl (C=O) groups excluding carboxylic acids is 1. The maximum Gasteiger partial charge on any atom is 0.255 e. The Kier molecular flexibility index (Phi) is 5.61. The van der Waals surface area contributed by atoms with Crippen molar-refractivity contribution in [2.75, 3.05) is 6.54 Å². The molecule has 0 bridgehead atoms. The highest BCUT2D eigenvalue weighted by Crippen LogP contribution is 2.32. The number of phenolic OH excluding ortho intramolecular Hbond substituents is 2. The predicted octanol–water partition coefficient (Wildman–Crippen LogP) is 4.68. The molecule has 150 valence electrons. The van der Waals surface area contributed by atoms with Crippen molar-refractivity contribution in [1.82, 2.24) is 10.3 Å². The Labute approximate surface area is 174 Å². The van der Waals surface area contributed by atoms with Crippen LogP contribution in [0.1, 0.15) is 22.3 Å². The Morgan fingerprint density at radius 1 is 0.867 bits per heavy atom. The molecule has 1 amide bonds. The van der Waals surface area contributed by atoms with E-state index in [0.717, 1.165) is 29.4 Å². The molecule has 0 aliphatic rings. The standard InChI is InChI=1S/C25H22N2O3/c28-22-11-10-18(20-14-19-9-5-12-26-24(19)23(29)16-20)15-21(22)25(30)27-13-4-8-17-6-2-1-3-7-17/h1-3,5-7,9-12,14-16,28-29H,4,8,13H2,(H,27,30). The van der Waals surface area contributed by atoms with Gasteiger partial charge >= 0.3 is 0 Å². The highest BCUT2D eigenvalue weighted by atomic mass is 16.3. The molecule has 1 aromatic heterocycles. The minimum atomic E-state index is -0.325. The number of aromatic hydroxyl groups is 2. The number of phenols is 2. The van der Waals surface area contributed by atoms with Gasteiger partial charge in [0, 0.05) is 18.1 Å². The molecule has 5 nitrogen and oxygen atoms in total. The SMILES string of the molecule is O=C(NCCCc1ccccc1)c1cc(-c2cc(O)c3ncccc3c2)ccc1O. The first-order valence-electron chi connectivity index (χ1n) is 9.85. The second-order valence-corrected chi connectivity index (χ2v) is 7.15. The molecule has 0 aliphatic heterocycles. The molecule has 4 aromatic rings. The average molecular weight is 398 g/mol. The van der Waals surface area contributed by atoms with Crippen LogP contribution < -0.4 is 5.32 Å². The molecule has 3 aromatic carbocycles. The molecule has 0 aliphatic carbocycles. The molecule has 30 heavy (non-hydrogen) atoms. The van der Waals surface area contributed by atoms with Gasteiger partial charge in [-0.1, -0.05) is 42.5 Å². The lowest BCUT2D eigenvalue weighted by molar-refractivity contribution is 0.0950. The van der Waals surface area contributed by atoms with E-state index in [-0.39, 0.29) is 23.0 Å². The van der Waals surface area contributed by atoms with E-state index in [0.29, 0.717) is 12.1 Å². The molecule has 0 unspecified atom stereocenters. The van der Waals surface area contributed by atoms with Gasteiger partial charge in [-0.15, -0.1) is 0 Å². The highest BCUT2D eigenvalue weighted by molar-refractivity contribution is 5.98. The molecule has 0 saturated heterocycles. The molecule has 0 radical (unpaired) electrons. The largest absolute Gasteiger partial charge is 0.507 e. The summed E-state index contributed by atoms with van der Waals surface area (Å²) >= 11 is 0. The molecule has 0 atom stereocenters. The predicted molar refractivity (Wildman–Crippen MR) is 118 cm³/mol. The maximum atomic E-state index is 12.6. The van der Waals surface area contributed by atoms with E-state index in [1.54, 1.807) is 30.5 Å². The van der Waals surface area contributed by atoms with Crippen molar-refractivity contribution in [3.05, 3.63) is 90.1 Å². The summed E-state index contributed by atoms with van der Waals surface area (Å²) in [5.41, 5.74) is 3.42. The molecule has 4 rings (SSSR count). The first-order chi connectivity index (χ1) is 14.6. The van der Waals surface area contributed by atoms with Gasteiger partial charge in [-0.3, -0.25) is 9.78 Å². The van der Waals surface area contributed by atoms with Crippen LogP contribution >= 0.6 is 0 Å². The molecule has 1 heterocycles. The number of nitrogens with one attached hydrogen (secondary N) is 1. The van der Waals surface area contributed by atoms with Gasteiger partial charge < -0.3 is 15.5 Å². The fraction of sp³-hybridized carbons (Fsp3) is 0.120. The molecular weight excluding hydrogens is 376 g/mol. The zero-order valence-corrected chi connectivity index (χ0v) is 16.4. The molecule has 5 heteroatoms. The fourth-order valence-corrected chi connectivity index (χ4v) is 3.47. The van der Waals surface area contributed by atoms with Gasteiger partial charge in [0.2, 0.25) is 0 Å². The number of rotatable bonds is 6. The second-order valence-electron chi connectivity index (χ2n) is 7.15. The van der Waals surface area contributed by atoms with Crippen molar-refractivity contribution in [3.8, 4) is 22.6 Å². The number of benzene rings is 3. The fourth-order valence-electron chi connectivity index (χ4n) is 3.47. The van der Waals surface area contributed by atoms with Gasteiger partial charge in [-0.25, -0.2) is 0 Å². The van der Waals surface area contributed by atoms with Gasteiger partial charge in [0.1, 0.15) is 17.0 Å². The third kappa shape index (κ3) is 4.25. The van der Waals surface area contributed by atoms with Gasteiger partial charge in [0.25, 0.3) is 5.91 Å². The van der Waals surface area contributed by atoms with Crippen molar-refractivity contribution >= 4 is 16.8 Å². The lowest BCUT2D eigenvalue weighted by atomic mass is 10.00. The molecule has 0 fully saturated rings. The van der Waals surface area contributed by atoms with Crippen molar-refractivity contribution in [2.24, 2.45) is 0 Å². The van der Waals surface area contributed by atoms with Gasteiger partial charge in [-0.05, 0) is 59.9 Å². The zero-order chi connectivity index (χ0) is 20.9. The van der Waals surface area contributed by atoms with Gasteiger partial charge in [0.05, 0.1) is 5.56 Å². The summed E-state index contributed by atoms with van der Waals surface area (Å²) in [6.45, 7) is 0.514. The minimum Gasteiger partial charge on any atom is -0.507 e. The van der Waals surface area contributed by atoms with E-state index < -0.39 is 0 Å². The van der Waals surface area contributed by atoms with Crippen LogP contribution in [0.15, 0.2) is 79.0 Å². The monoisotopic (exact) mass is 398 g/mol. The Hall–Kier alpha value is -3.86. The second kappa shape index (κ2) is 8.66. The Morgan fingerprint density at radius 2 is 1.70 bits per heavy atom. The third-order valence-corrected chi connectivity index (χ3v) is 5.03. The van der Waals surface area contributed by atoms with Crippen molar-refractivity contribution in [1.29, 1.82) is 0 Å². The first-order valence-corrected chi connectivity index (χ1v) is 9.85. The van der Waals surface area contributed by atoms with E-state index in [1.165, 1.54) is 11.6 Å². The summed E-state index contributed by atoms with van der Waals surface area (Å²) in [6.07, 6.45) is 3.31. The van der Waals surface area contributed by atoms with E-state index in [1.807, 2.05) is 30.3 Å². The Bertz CT molecular complexity index is 1190. The Balaban J connectivity index is 1.49. The number of hydrogen-bond acceptors (Lipinski definition) is 4. The number of pyridine rings is 1. The van der Waals surface area contributed by atoms with E-state index in [2.05, 4.69) is 22.4 Å². The normalized spacial score (nSPS) is 10.8. The number of aryl methyl sites for hydroxylation is 1. The van der Waals surface area contributed by atoms with Crippen LogP contribution in [0.4, 0.5) is 0 Å².